The Bertz CT molecular complexity index is 387. The fourth-order valence-electron chi connectivity index (χ4n) is 2.36. The van der Waals surface area contributed by atoms with E-state index < -0.39 is 8.80 Å². The molecule has 0 fully saturated rings. The predicted octanol–water partition coefficient (Wildman–Crippen LogP) is 5.01. The number of hydrogen-bond acceptors (Lipinski definition) is 3. The van der Waals surface area contributed by atoms with E-state index >= 15 is 0 Å². The highest BCUT2D eigenvalue weighted by atomic mass is 28.4. The Hall–Kier alpha value is -0.683. The molecule has 0 radical (unpaired) electrons. The van der Waals surface area contributed by atoms with Gasteiger partial charge in [-0.1, -0.05) is 58.0 Å². The smallest absolute Gasteiger partial charge is 0.373 e. The van der Waals surface area contributed by atoms with E-state index in [1.807, 2.05) is 6.07 Å². The third kappa shape index (κ3) is 8.65. The van der Waals surface area contributed by atoms with Crippen LogP contribution in [0.2, 0.25) is 0 Å². The molecule has 132 valence electrons. The monoisotopic (exact) mass is 338 g/mol. The SMILES string of the molecule is CCCO[Si](Cc1ccccc1)(OCCC)OCCCC(C)C. The first-order valence-electron chi connectivity index (χ1n) is 9.07. The largest absolute Gasteiger partial charge is 0.505 e. The second-order valence-corrected chi connectivity index (χ2v) is 9.01. The van der Waals surface area contributed by atoms with Gasteiger partial charge in [0, 0.05) is 25.9 Å². The quantitative estimate of drug-likeness (QED) is 0.373. The van der Waals surface area contributed by atoms with Gasteiger partial charge in [-0.2, -0.15) is 0 Å². The molecule has 0 aromatic heterocycles. The third-order valence-corrected chi connectivity index (χ3v) is 6.34. The van der Waals surface area contributed by atoms with Gasteiger partial charge >= 0.3 is 8.80 Å². The lowest BCUT2D eigenvalue weighted by molar-refractivity contribution is 0.0564. The number of hydrogen-bond donors (Lipinski definition) is 0. The summed E-state index contributed by atoms with van der Waals surface area (Å²) in [6.45, 7) is 10.9. The van der Waals surface area contributed by atoms with Crippen molar-refractivity contribution in [1.29, 1.82) is 0 Å². The topological polar surface area (TPSA) is 27.7 Å². The van der Waals surface area contributed by atoms with E-state index in [1.165, 1.54) is 12.0 Å². The summed E-state index contributed by atoms with van der Waals surface area (Å²) in [4.78, 5) is 0. The van der Waals surface area contributed by atoms with E-state index in [2.05, 4.69) is 52.0 Å². The highest BCUT2D eigenvalue weighted by Gasteiger charge is 2.41. The molecule has 1 aromatic carbocycles. The van der Waals surface area contributed by atoms with Crippen molar-refractivity contribution in [3.8, 4) is 0 Å². The minimum absolute atomic E-state index is 0.701. The zero-order chi connectivity index (χ0) is 17.0. The number of rotatable bonds is 13. The second kappa shape index (κ2) is 11.8. The van der Waals surface area contributed by atoms with Gasteiger partial charge in [0.15, 0.2) is 0 Å². The molecule has 1 rings (SSSR count). The van der Waals surface area contributed by atoms with Crippen LogP contribution in [0.1, 0.15) is 58.9 Å². The van der Waals surface area contributed by atoms with Crippen LogP contribution in [0, 0.1) is 5.92 Å². The summed E-state index contributed by atoms with van der Waals surface area (Å²) >= 11 is 0. The zero-order valence-electron chi connectivity index (χ0n) is 15.3. The molecule has 0 N–H and O–H groups in total. The summed E-state index contributed by atoms with van der Waals surface area (Å²) in [7, 11) is -2.65. The summed E-state index contributed by atoms with van der Waals surface area (Å²) in [5.74, 6) is 0.705. The Kier molecular flexibility index (Phi) is 10.4. The molecule has 23 heavy (non-hydrogen) atoms. The van der Waals surface area contributed by atoms with E-state index in [0.29, 0.717) is 19.1 Å². The van der Waals surface area contributed by atoms with Crippen molar-refractivity contribution >= 4 is 8.80 Å². The molecule has 4 heteroatoms. The zero-order valence-corrected chi connectivity index (χ0v) is 16.3. The highest BCUT2D eigenvalue weighted by Crippen LogP contribution is 2.19. The average Bonchev–Trinajstić information content (AvgIpc) is 2.55. The van der Waals surface area contributed by atoms with Crippen LogP contribution in [-0.2, 0) is 19.3 Å². The lowest BCUT2D eigenvalue weighted by atomic mass is 10.1. The minimum Gasteiger partial charge on any atom is -0.373 e. The van der Waals surface area contributed by atoms with Crippen molar-refractivity contribution in [2.75, 3.05) is 19.8 Å². The fourth-order valence-corrected chi connectivity index (χ4v) is 5.14. The molecule has 0 aliphatic rings. The summed E-state index contributed by atoms with van der Waals surface area (Å²) < 4.78 is 18.7. The molecule has 0 amide bonds. The maximum absolute atomic E-state index is 6.28. The Balaban J connectivity index is 2.75. The molecule has 3 nitrogen and oxygen atoms in total. The molecule has 0 saturated carbocycles. The van der Waals surface area contributed by atoms with Crippen molar-refractivity contribution in [2.45, 2.75) is 59.4 Å². The molecular weight excluding hydrogens is 304 g/mol. The predicted molar refractivity (Wildman–Crippen MR) is 98.4 cm³/mol. The van der Waals surface area contributed by atoms with Gasteiger partial charge in [0.1, 0.15) is 0 Å². The Labute approximate surface area is 143 Å². The molecule has 0 aliphatic carbocycles. The fraction of sp³-hybridized carbons (Fsp3) is 0.684. The van der Waals surface area contributed by atoms with Crippen molar-refractivity contribution in [1.82, 2.24) is 0 Å². The van der Waals surface area contributed by atoms with Crippen LogP contribution in [0.5, 0.6) is 0 Å². The molecule has 0 unspecified atom stereocenters. The van der Waals surface area contributed by atoms with Crippen LogP contribution >= 0.6 is 0 Å². The van der Waals surface area contributed by atoms with Crippen molar-refractivity contribution < 1.29 is 13.3 Å². The number of benzene rings is 1. The molecule has 0 saturated heterocycles. The van der Waals surface area contributed by atoms with Gasteiger partial charge in [0.05, 0.1) is 0 Å². The van der Waals surface area contributed by atoms with Gasteiger partial charge < -0.3 is 13.3 Å². The Morgan fingerprint density at radius 2 is 1.43 bits per heavy atom. The second-order valence-electron chi connectivity index (χ2n) is 6.43. The van der Waals surface area contributed by atoms with E-state index in [-0.39, 0.29) is 0 Å². The van der Waals surface area contributed by atoms with Crippen molar-refractivity contribution in [2.24, 2.45) is 5.92 Å². The van der Waals surface area contributed by atoms with Crippen molar-refractivity contribution in [3.63, 3.8) is 0 Å². The van der Waals surface area contributed by atoms with Gasteiger partial charge in [-0.3, -0.25) is 0 Å². The highest BCUT2D eigenvalue weighted by molar-refractivity contribution is 6.60. The molecule has 1 aromatic rings. The van der Waals surface area contributed by atoms with Crippen LogP contribution in [0.25, 0.3) is 0 Å². The molecule has 0 atom stereocenters. The van der Waals surface area contributed by atoms with E-state index in [9.17, 15) is 0 Å². The lowest BCUT2D eigenvalue weighted by Crippen LogP contribution is -2.49. The van der Waals surface area contributed by atoms with E-state index in [0.717, 1.165) is 31.9 Å². The Morgan fingerprint density at radius 1 is 0.870 bits per heavy atom. The maximum Gasteiger partial charge on any atom is 0.505 e. The molecule has 0 aliphatic heterocycles. The van der Waals surface area contributed by atoms with Crippen LogP contribution in [0.3, 0.4) is 0 Å². The van der Waals surface area contributed by atoms with Gasteiger partial charge in [0.2, 0.25) is 0 Å². The first-order chi connectivity index (χ1) is 11.1. The summed E-state index contributed by atoms with van der Waals surface area (Å²) in [6, 6.07) is 11.2. The van der Waals surface area contributed by atoms with Crippen LogP contribution in [0.15, 0.2) is 30.3 Å². The third-order valence-electron chi connectivity index (χ3n) is 3.56. The molecule has 0 spiro atoms. The summed E-state index contributed by atoms with van der Waals surface area (Å²) in [5, 5.41) is 0. The van der Waals surface area contributed by atoms with Crippen LogP contribution in [-0.4, -0.2) is 28.6 Å². The van der Waals surface area contributed by atoms with E-state index in [4.69, 9.17) is 13.3 Å². The standard InChI is InChI=1S/C19H34O3Si/c1-5-14-20-23(21-15-6-2,22-16-10-11-18(3)4)17-19-12-8-7-9-13-19/h7-9,12-13,18H,5-6,10-11,14-17H2,1-4H3. The van der Waals surface area contributed by atoms with Crippen LogP contribution in [0.4, 0.5) is 0 Å². The maximum atomic E-state index is 6.28. The lowest BCUT2D eigenvalue weighted by Gasteiger charge is -2.30. The van der Waals surface area contributed by atoms with Gasteiger partial charge in [-0.05, 0) is 37.2 Å². The van der Waals surface area contributed by atoms with Gasteiger partial charge in [-0.25, -0.2) is 0 Å². The normalized spacial score (nSPS) is 12.0. The van der Waals surface area contributed by atoms with Crippen molar-refractivity contribution in [3.05, 3.63) is 35.9 Å². The van der Waals surface area contributed by atoms with Crippen LogP contribution < -0.4 is 0 Å². The first-order valence-corrected chi connectivity index (χ1v) is 11.0. The first kappa shape index (κ1) is 20.4. The van der Waals surface area contributed by atoms with E-state index in [1.54, 1.807) is 0 Å². The summed E-state index contributed by atoms with van der Waals surface area (Å²) in [6.07, 6.45) is 4.20. The average molecular weight is 339 g/mol. The molecule has 0 bridgehead atoms. The molecular formula is C19H34O3Si. The minimum atomic E-state index is -2.65. The molecule has 0 heterocycles. The Morgan fingerprint density at radius 3 is 1.96 bits per heavy atom. The van der Waals surface area contributed by atoms with Gasteiger partial charge in [0.25, 0.3) is 0 Å². The van der Waals surface area contributed by atoms with Gasteiger partial charge in [-0.15, -0.1) is 0 Å². The summed E-state index contributed by atoms with van der Waals surface area (Å²) in [5.41, 5.74) is 1.23.